The van der Waals surface area contributed by atoms with Crippen molar-refractivity contribution in [2.45, 2.75) is 32.2 Å². The van der Waals surface area contributed by atoms with Crippen LogP contribution in [0.5, 0.6) is 0 Å². The highest BCUT2D eigenvalue weighted by atomic mass is 16.5. The Balaban J connectivity index is 1.49. The third kappa shape index (κ3) is 5.02. The van der Waals surface area contributed by atoms with Crippen molar-refractivity contribution in [1.29, 1.82) is 0 Å². The quantitative estimate of drug-likeness (QED) is 0.493. The summed E-state index contributed by atoms with van der Waals surface area (Å²) < 4.78 is 9.67. The average molecular weight is 414 g/mol. The lowest BCUT2D eigenvalue weighted by atomic mass is 9.93. The maximum atomic E-state index is 12.7. The molecule has 1 aliphatic heterocycles. The number of hydrogen-bond acceptors (Lipinski definition) is 7. The van der Waals surface area contributed by atoms with Gasteiger partial charge < -0.3 is 19.9 Å². The molecule has 0 aliphatic carbocycles. The first-order chi connectivity index (χ1) is 14.3. The predicted molar refractivity (Wildman–Crippen MR) is 104 cm³/mol. The topological polar surface area (TPSA) is 131 Å². The number of carbonyl (C=O) groups excluding carboxylic acids is 4. The zero-order chi connectivity index (χ0) is 21.7. The lowest BCUT2D eigenvalue weighted by Crippen LogP contribution is -2.44. The van der Waals surface area contributed by atoms with Gasteiger partial charge in [0.15, 0.2) is 12.4 Å². The van der Waals surface area contributed by atoms with Crippen molar-refractivity contribution >= 4 is 29.6 Å². The molecule has 0 spiro atoms. The molecule has 1 aromatic carbocycles. The van der Waals surface area contributed by atoms with Gasteiger partial charge in [-0.1, -0.05) is 35.5 Å². The van der Waals surface area contributed by atoms with Crippen LogP contribution < -0.4 is 10.6 Å². The molecule has 1 aliphatic rings. The highest BCUT2D eigenvalue weighted by molar-refractivity contribution is 6.08. The molecule has 10 nitrogen and oxygen atoms in total. The number of urea groups is 1. The van der Waals surface area contributed by atoms with Crippen molar-refractivity contribution in [2.24, 2.45) is 0 Å². The molecule has 2 aromatic rings. The smallest absolute Gasteiger partial charge is 0.326 e. The van der Waals surface area contributed by atoms with Crippen LogP contribution >= 0.6 is 0 Å². The molecule has 1 saturated heterocycles. The number of carbonyl (C=O) groups is 4. The Labute approximate surface area is 172 Å². The summed E-state index contributed by atoms with van der Waals surface area (Å²) in [6.07, 6.45) is 0.968. The van der Waals surface area contributed by atoms with E-state index in [-0.39, 0.29) is 5.82 Å². The Morgan fingerprint density at radius 1 is 1.27 bits per heavy atom. The monoisotopic (exact) mass is 414 g/mol. The van der Waals surface area contributed by atoms with Crippen molar-refractivity contribution in [3.63, 3.8) is 0 Å². The summed E-state index contributed by atoms with van der Waals surface area (Å²) in [5, 5.41) is 8.62. The van der Waals surface area contributed by atoms with Crippen LogP contribution in [0.3, 0.4) is 0 Å². The number of hydrogen-bond donors (Lipinski definition) is 2. The van der Waals surface area contributed by atoms with E-state index in [2.05, 4.69) is 15.8 Å². The van der Waals surface area contributed by atoms with E-state index in [1.807, 2.05) is 30.3 Å². The highest BCUT2D eigenvalue weighted by Gasteiger charge is 2.48. The van der Waals surface area contributed by atoms with Gasteiger partial charge in [-0.3, -0.25) is 19.3 Å². The number of imide groups is 1. The Morgan fingerprint density at radius 2 is 2.00 bits per heavy atom. The average Bonchev–Trinajstić information content (AvgIpc) is 3.21. The number of esters is 1. The Hall–Kier alpha value is -3.69. The molecule has 1 atom stereocenters. The zero-order valence-electron chi connectivity index (χ0n) is 16.6. The molecule has 2 N–H and O–H groups in total. The third-order valence-electron chi connectivity index (χ3n) is 4.65. The number of ether oxygens (including phenoxy) is 1. The molecule has 0 bridgehead atoms. The molecule has 2 heterocycles. The minimum atomic E-state index is -1.12. The molecule has 0 unspecified atom stereocenters. The molecule has 0 radical (unpaired) electrons. The van der Waals surface area contributed by atoms with Gasteiger partial charge in [-0.15, -0.1) is 0 Å². The van der Waals surface area contributed by atoms with E-state index in [0.29, 0.717) is 18.6 Å². The second kappa shape index (κ2) is 8.76. The standard InChI is InChI=1S/C20H22N4O6/c1-13-10-15(23-30-13)21-16(25)12-29-17(26)11-24-18(27)20(2,22-19(24)28)9-8-14-6-4-3-5-7-14/h3-7,10H,8-9,11-12H2,1-2H3,(H,22,28)(H,21,23,25)/t20-/m1/s1. The van der Waals surface area contributed by atoms with E-state index in [1.54, 1.807) is 13.8 Å². The third-order valence-corrected chi connectivity index (χ3v) is 4.65. The van der Waals surface area contributed by atoms with Gasteiger partial charge in [-0.25, -0.2) is 4.79 Å². The summed E-state index contributed by atoms with van der Waals surface area (Å²) in [4.78, 5) is 49.5. The summed E-state index contributed by atoms with van der Waals surface area (Å²) in [7, 11) is 0. The fourth-order valence-electron chi connectivity index (χ4n) is 3.02. The van der Waals surface area contributed by atoms with E-state index in [9.17, 15) is 19.2 Å². The Bertz CT molecular complexity index is 957. The van der Waals surface area contributed by atoms with Crippen molar-refractivity contribution in [3.05, 3.63) is 47.7 Å². The van der Waals surface area contributed by atoms with Crippen LogP contribution in [0.15, 0.2) is 40.9 Å². The molecule has 0 saturated carbocycles. The predicted octanol–water partition coefficient (Wildman–Crippen LogP) is 1.41. The fourth-order valence-corrected chi connectivity index (χ4v) is 3.02. The second-order valence-corrected chi connectivity index (χ2v) is 7.17. The number of anilines is 1. The first-order valence-electron chi connectivity index (χ1n) is 9.34. The molecular formula is C20H22N4O6. The number of nitrogens with one attached hydrogen (secondary N) is 2. The summed E-state index contributed by atoms with van der Waals surface area (Å²) in [5.74, 6) is -1.31. The van der Waals surface area contributed by atoms with Crippen molar-refractivity contribution in [1.82, 2.24) is 15.4 Å². The highest BCUT2D eigenvalue weighted by Crippen LogP contribution is 2.23. The van der Waals surface area contributed by atoms with Crippen LogP contribution in [0.1, 0.15) is 24.7 Å². The summed E-state index contributed by atoms with van der Waals surface area (Å²) >= 11 is 0. The van der Waals surface area contributed by atoms with E-state index in [0.717, 1.165) is 10.5 Å². The van der Waals surface area contributed by atoms with Gasteiger partial charge in [0.25, 0.3) is 11.8 Å². The van der Waals surface area contributed by atoms with Crippen molar-refractivity contribution in [3.8, 4) is 0 Å². The lowest BCUT2D eigenvalue weighted by molar-refractivity contribution is -0.150. The number of amides is 4. The molecule has 1 aromatic heterocycles. The number of nitrogens with zero attached hydrogens (tertiary/aromatic N) is 2. The summed E-state index contributed by atoms with van der Waals surface area (Å²) in [6, 6.07) is 10.4. The first kappa shape index (κ1) is 21.0. The Morgan fingerprint density at radius 3 is 2.67 bits per heavy atom. The number of aryl methyl sites for hydroxylation is 2. The number of aromatic nitrogens is 1. The molecule has 158 valence electrons. The molecule has 4 amide bonds. The van der Waals surface area contributed by atoms with Crippen LogP contribution in [0.25, 0.3) is 0 Å². The van der Waals surface area contributed by atoms with Crippen LogP contribution in [0.2, 0.25) is 0 Å². The molecule has 3 rings (SSSR count). The zero-order valence-corrected chi connectivity index (χ0v) is 16.6. The largest absolute Gasteiger partial charge is 0.454 e. The summed E-state index contributed by atoms with van der Waals surface area (Å²) in [5.41, 5.74) is -0.0815. The van der Waals surface area contributed by atoms with Gasteiger partial charge in [0.2, 0.25) is 0 Å². The fraction of sp³-hybridized carbons (Fsp3) is 0.350. The molecular weight excluding hydrogens is 392 g/mol. The number of benzene rings is 1. The maximum Gasteiger partial charge on any atom is 0.326 e. The number of rotatable bonds is 8. The van der Waals surface area contributed by atoms with Crippen LogP contribution in [0.4, 0.5) is 10.6 Å². The SMILES string of the molecule is Cc1cc(NC(=O)COC(=O)CN2C(=O)N[C@](C)(CCc3ccccc3)C2=O)no1. The van der Waals surface area contributed by atoms with Crippen LogP contribution in [-0.2, 0) is 25.5 Å². The Kier molecular flexibility index (Phi) is 6.14. The van der Waals surface area contributed by atoms with E-state index < -0.39 is 42.5 Å². The molecule has 10 heteroatoms. The summed E-state index contributed by atoms with van der Waals surface area (Å²) in [6.45, 7) is 2.12. The van der Waals surface area contributed by atoms with Crippen LogP contribution in [-0.4, -0.2) is 52.6 Å². The second-order valence-electron chi connectivity index (χ2n) is 7.17. The van der Waals surface area contributed by atoms with E-state index >= 15 is 0 Å². The van der Waals surface area contributed by atoms with E-state index in [4.69, 9.17) is 9.26 Å². The van der Waals surface area contributed by atoms with Gasteiger partial charge in [0, 0.05) is 6.07 Å². The van der Waals surface area contributed by atoms with E-state index in [1.165, 1.54) is 6.07 Å². The molecule has 30 heavy (non-hydrogen) atoms. The normalized spacial score (nSPS) is 18.3. The van der Waals surface area contributed by atoms with Gasteiger partial charge in [0.1, 0.15) is 17.8 Å². The van der Waals surface area contributed by atoms with Gasteiger partial charge in [0.05, 0.1) is 0 Å². The van der Waals surface area contributed by atoms with Crippen molar-refractivity contribution in [2.75, 3.05) is 18.5 Å². The molecule has 1 fully saturated rings. The van der Waals surface area contributed by atoms with Gasteiger partial charge >= 0.3 is 12.0 Å². The van der Waals surface area contributed by atoms with Gasteiger partial charge in [-0.05, 0) is 32.3 Å². The maximum absolute atomic E-state index is 12.7. The minimum Gasteiger partial charge on any atom is -0.454 e. The lowest BCUT2D eigenvalue weighted by Gasteiger charge is -2.21. The minimum absolute atomic E-state index is 0.192. The van der Waals surface area contributed by atoms with Gasteiger partial charge in [-0.2, -0.15) is 0 Å². The van der Waals surface area contributed by atoms with Crippen molar-refractivity contribution < 1.29 is 28.4 Å². The first-order valence-corrected chi connectivity index (χ1v) is 9.34. The van der Waals surface area contributed by atoms with Crippen LogP contribution in [0, 0.1) is 6.92 Å².